The van der Waals surface area contributed by atoms with E-state index in [2.05, 4.69) is 123 Å². The predicted molar refractivity (Wildman–Crippen MR) is 276 cm³/mol. The van der Waals surface area contributed by atoms with Crippen LogP contribution in [0.2, 0.25) is 0 Å². The van der Waals surface area contributed by atoms with Gasteiger partial charge in [-0.2, -0.15) is 0 Å². The summed E-state index contributed by atoms with van der Waals surface area (Å²) < 4.78 is 49.2. The number of para-hydroxylation sites is 4. The molecule has 6 aliphatic rings. The van der Waals surface area contributed by atoms with Crippen LogP contribution >= 0.6 is 14.3 Å². The van der Waals surface area contributed by atoms with E-state index in [0.29, 0.717) is 44.2 Å². The van der Waals surface area contributed by atoms with Gasteiger partial charge < -0.3 is 38.2 Å². The Kier molecular flexibility index (Phi) is 6.93. The van der Waals surface area contributed by atoms with Crippen LogP contribution in [-0.2, 0) is 9.13 Å². The van der Waals surface area contributed by atoms with E-state index in [4.69, 9.17) is 9.47 Å². The van der Waals surface area contributed by atoms with Crippen molar-refractivity contribution in [3.63, 3.8) is 0 Å². The van der Waals surface area contributed by atoms with Crippen LogP contribution in [0, 0.1) is 0 Å². The number of rotatable bonds is 4. The lowest BCUT2D eigenvalue weighted by Gasteiger charge is -2.48. The van der Waals surface area contributed by atoms with Gasteiger partial charge in [-0.15, -0.1) is 0 Å². The number of anilines is 12. The first-order chi connectivity index (χ1) is 33.5. The molecule has 2 unspecified atom stereocenters. The van der Waals surface area contributed by atoms with E-state index in [1.807, 2.05) is 103 Å². The van der Waals surface area contributed by atoms with Gasteiger partial charge in [0.05, 0.1) is 77.3 Å². The molecule has 10 aromatic carbocycles. The highest BCUT2D eigenvalue weighted by Crippen LogP contribution is 2.70. The van der Waals surface area contributed by atoms with Crippen molar-refractivity contribution in [3.8, 4) is 23.0 Å². The zero-order valence-corrected chi connectivity index (χ0v) is 37.7. The third-order valence-electron chi connectivity index (χ3n) is 14.5. The highest BCUT2D eigenvalue weighted by Gasteiger charge is 2.57. The molecular formula is C58H34N4O4P2. The van der Waals surface area contributed by atoms with Gasteiger partial charge in [0.15, 0.2) is 14.3 Å². The van der Waals surface area contributed by atoms with Crippen molar-refractivity contribution in [3.05, 3.63) is 206 Å². The van der Waals surface area contributed by atoms with Crippen molar-refractivity contribution >= 4 is 125 Å². The number of benzene rings is 10. The van der Waals surface area contributed by atoms with Gasteiger partial charge in [-0.05, 0) is 109 Å². The van der Waals surface area contributed by atoms with Gasteiger partial charge in [-0.25, -0.2) is 0 Å². The zero-order chi connectivity index (χ0) is 44.6. The Hall–Kier alpha value is -8.28. The lowest BCUT2D eigenvalue weighted by Crippen LogP contribution is -2.46. The van der Waals surface area contributed by atoms with Gasteiger partial charge in [0.2, 0.25) is 0 Å². The number of ether oxygens (including phenoxy) is 2. The van der Waals surface area contributed by atoms with Gasteiger partial charge in [0.25, 0.3) is 0 Å². The lowest BCUT2D eigenvalue weighted by molar-refractivity contribution is 0.482. The van der Waals surface area contributed by atoms with Crippen LogP contribution in [-0.4, -0.2) is 0 Å². The Morgan fingerprint density at radius 1 is 0.294 bits per heavy atom. The summed E-state index contributed by atoms with van der Waals surface area (Å²) >= 11 is 0. The Morgan fingerprint density at radius 2 is 0.676 bits per heavy atom. The fourth-order valence-electron chi connectivity index (χ4n) is 12.0. The van der Waals surface area contributed by atoms with E-state index in [9.17, 15) is 0 Å². The number of hydrogen-bond acceptors (Lipinski definition) is 8. The largest absolute Gasteiger partial charge is 0.456 e. The van der Waals surface area contributed by atoms with Crippen LogP contribution < -0.4 is 60.9 Å². The summed E-state index contributed by atoms with van der Waals surface area (Å²) in [6.45, 7) is 0. The maximum Gasteiger partial charge on any atom is 0.186 e. The quantitative estimate of drug-likeness (QED) is 0.162. The average Bonchev–Trinajstić information content (AvgIpc) is 3.38. The maximum atomic E-state index is 17.3. The first-order valence-corrected chi connectivity index (χ1v) is 26.1. The van der Waals surface area contributed by atoms with E-state index in [1.54, 1.807) is 0 Å². The molecule has 320 valence electrons. The molecule has 0 amide bonds. The molecule has 0 spiro atoms. The van der Waals surface area contributed by atoms with Crippen molar-refractivity contribution in [1.82, 2.24) is 0 Å². The summed E-state index contributed by atoms with van der Waals surface area (Å²) in [6, 6.07) is 69.8. The molecule has 2 atom stereocenters. The third-order valence-corrected chi connectivity index (χ3v) is 21.0. The molecular weight excluding hydrogens is 879 g/mol. The van der Waals surface area contributed by atoms with E-state index in [1.165, 1.54) is 0 Å². The van der Waals surface area contributed by atoms with Crippen molar-refractivity contribution < 1.29 is 18.6 Å². The second-order valence-corrected chi connectivity index (χ2v) is 23.0. The standard InChI is InChI=1S/C58H34N4O4P2/c63-67-53-41-25-13-27-43(53)61(37-21-9-3-10-22-37)47-33-39-40(52(57(47)67)66-49-32-16-30-46(56(49)67)59(41)35-17-5-1-6-18-35)34-50-58-51(39)62(38-23-11-4-12-24-38)44-28-14-26-42-54(44)68(58,64)55-45(29-15-31-48(55)65-50)60(42)36-19-7-2-8-20-36/h1-34H. The smallest absolute Gasteiger partial charge is 0.186 e. The molecule has 10 heteroatoms. The van der Waals surface area contributed by atoms with E-state index >= 15 is 9.13 Å². The van der Waals surface area contributed by atoms with Crippen molar-refractivity contribution in [2.75, 3.05) is 19.6 Å². The molecule has 0 N–H and O–H groups in total. The molecule has 0 aromatic heterocycles. The lowest BCUT2D eigenvalue weighted by atomic mass is 10.0. The molecule has 0 radical (unpaired) electrons. The van der Waals surface area contributed by atoms with Crippen LogP contribution in [0.25, 0.3) is 10.8 Å². The maximum absolute atomic E-state index is 17.3. The first-order valence-electron chi connectivity index (χ1n) is 22.7. The summed E-state index contributed by atoms with van der Waals surface area (Å²) in [7, 11) is -7.41. The van der Waals surface area contributed by atoms with Gasteiger partial charge in [0, 0.05) is 33.5 Å². The fraction of sp³-hybridized carbons (Fsp3) is 0. The SMILES string of the molecule is O=P12c3c4cccc3N(c3ccccc3)c3cccc(c31)N(c1ccccc1)c1cc3c5c6c(cc3c(c12)O4)Oc1cccc2c1P6(=O)c1c(cccc1N5c1ccccc1)N2c1ccccc1. The first kappa shape index (κ1) is 36.9. The van der Waals surface area contributed by atoms with Gasteiger partial charge in [-0.1, -0.05) is 97.1 Å². The number of nitrogens with zero attached hydrogens (tertiary/aromatic N) is 4. The highest BCUT2D eigenvalue weighted by molar-refractivity contribution is 7.87. The van der Waals surface area contributed by atoms with E-state index in [0.717, 1.165) is 89.6 Å². The number of hydrogen-bond donors (Lipinski definition) is 0. The molecule has 10 aromatic rings. The van der Waals surface area contributed by atoms with Crippen LogP contribution in [0.3, 0.4) is 0 Å². The van der Waals surface area contributed by atoms with Crippen LogP contribution in [0.4, 0.5) is 68.2 Å². The topological polar surface area (TPSA) is 65.6 Å². The molecule has 0 saturated carbocycles. The Balaban J connectivity index is 1.07. The minimum absolute atomic E-state index is 0.489. The summed E-state index contributed by atoms with van der Waals surface area (Å²) in [6.07, 6.45) is 0. The summed E-state index contributed by atoms with van der Waals surface area (Å²) in [5, 5.41) is 5.70. The van der Waals surface area contributed by atoms with Crippen molar-refractivity contribution in [2.24, 2.45) is 0 Å². The van der Waals surface area contributed by atoms with Crippen LogP contribution in [0.1, 0.15) is 0 Å². The Bertz CT molecular complexity index is 3930. The molecule has 6 aliphatic heterocycles. The predicted octanol–water partition coefficient (Wildman–Crippen LogP) is 13.5. The summed E-state index contributed by atoms with van der Waals surface area (Å²) in [4.78, 5) is 8.96. The molecule has 0 saturated heterocycles. The third kappa shape index (κ3) is 4.30. The average molecular weight is 913 g/mol. The van der Waals surface area contributed by atoms with E-state index in [-0.39, 0.29) is 0 Å². The van der Waals surface area contributed by atoms with Crippen molar-refractivity contribution in [1.29, 1.82) is 0 Å². The van der Waals surface area contributed by atoms with E-state index < -0.39 is 14.3 Å². The molecule has 0 fully saturated rings. The second-order valence-electron chi connectivity index (χ2n) is 17.9. The molecule has 68 heavy (non-hydrogen) atoms. The Labute approximate surface area is 390 Å². The van der Waals surface area contributed by atoms with Crippen LogP contribution in [0.5, 0.6) is 23.0 Å². The van der Waals surface area contributed by atoms with Gasteiger partial charge in [-0.3, -0.25) is 0 Å². The minimum atomic E-state index is -3.71. The molecule has 16 rings (SSSR count). The monoisotopic (exact) mass is 912 g/mol. The normalized spacial score (nSPS) is 18.6. The minimum Gasteiger partial charge on any atom is -0.456 e. The fourth-order valence-corrected chi connectivity index (χ4v) is 19.1. The molecule has 0 bridgehead atoms. The molecule has 0 aliphatic carbocycles. The number of fused-ring (bicyclic) bond motifs is 3. The van der Waals surface area contributed by atoms with Crippen LogP contribution in [0.15, 0.2) is 206 Å². The summed E-state index contributed by atoms with van der Waals surface area (Å²) in [5.41, 5.74) is 10.3. The van der Waals surface area contributed by atoms with Gasteiger partial charge >= 0.3 is 0 Å². The zero-order valence-electron chi connectivity index (χ0n) is 35.9. The van der Waals surface area contributed by atoms with Crippen molar-refractivity contribution in [2.45, 2.75) is 0 Å². The summed E-state index contributed by atoms with van der Waals surface area (Å²) in [5.74, 6) is 2.09. The Morgan fingerprint density at radius 3 is 1.16 bits per heavy atom. The molecule has 8 nitrogen and oxygen atoms in total. The highest BCUT2D eigenvalue weighted by atomic mass is 31.2. The van der Waals surface area contributed by atoms with Gasteiger partial charge in [0.1, 0.15) is 23.0 Å². The second kappa shape index (κ2) is 12.8. The molecule has 6 heterocycles.